The highest BCUT2D eigenvalue weighted by Gasteiger charge is 2.44. The van der Waals surface area contributed by atoms with Gasteiger partial charge in [0.1, 0.15) is 23.5 Å². The van der Waals surface area contributed by atoms with Gasteiger partial charge in [-0.3, -0.25) is 0 Å². The number of anilines is 1. The molecule has 4 atom stereocenters. The van der Waals surface area contributed by atoms with Crippen molar-refractivity contribution < 1.29 is 19.0 Å². The Balaban J connectivity index is 2.10. The van der Waals surface area contributed by atoms with Gasteiger partial charge in [0.2, 0.25) is 0 Å². The molecule has 0 saturated carbocycles. The zero-order valence-electron chi connectivity index (χ0n) is 10.3. The van der Waals surface area contributed by atoms with E-state index in [4.69, 9.17) is 10.8 Å². The van der Waals surface area contributed by atoms with Gasteiger partial charge >= 0.3 is 0 Å². The molecule has 20 heavy (non-hydrogen) atoms. The fourth-order valence-electron chi connectivity index (χ4n) is 2.48. The Morgan fingerprint density at radius 3 is 2.90 bits per heavy atom. The van der Waals surface area contributed by atoms with Crippen LogP contribution in [0.5, 0.6) is 0 Å². The molecule has 0 bridgehead atoms. The molecule has 2 aromatic heterocycles. The van der Waals surface area contributed by atoms with Gasteiger partial charge < -0.3 is 20.5 Å². The van der Waals surface area contributed by atoms with Crippen molar-refractivity contribution >= 4 is 28.5 Å². The number of aromatic nitrogens is 2. The van der Waals surface area contributed by atoms with Crippen LogP contribution in [0.25, 0.3) is 10.9 Å². The number of fused-ring (bicyclic) bond motifs is 1. The van der Waals surface area contributed by atoms with Crippen LogP contribution in [0, 0.1) is 5.82 Å². The van der Waals surface area contributed by atoms with Crippen LogP contribution in [0.2, 0.25) is 0 Å². The fourth-order valence-corrected chi connectivity index (χ4v) is 3.85. The van der Waals surface area contributed by atoms with E-state index in [1.807, 2.05) is 0 Å². The van der Waals surface area contributed by atoms with Gasteiger partial charge in [0.05, 0.1) is 22.8 Å². The van der Waals surface area contributed by atoms with E-state index in [0.717, 1.165) is 11.8 Å². The number of nitrogens with two attached hydrogens (primary N) is 1. The van der Waals surface area contributed by atoms with Crippen LogP contribution in [0.15, 0.2) is 18.5 Å². The number of hydrogen-bond acceptors (Lipinski definition) is 5. The lowest BCUT2D eigenvalue weighted by atomic mass is 10.1. The molecular formula is C12H13F2N3O2S. The van der Waals surface area contributed by atoms with Gasteiger partial charge in [-0.25, -0.2) is 13.8 Å². The second kappa shape index (κ2) is 4.87. The lowest BCUT2D eigenvalue weighted by Crippen LogP contribution is -2.29. The Labute approximate surface area is 117 Å². The Kier molecular flexibility index (Phi) is 3.31. The zero-order valence-corrected chi connectivity index (χ0v) is 11.1. The van der Waals surface area contributed by atoms with E-state index < -0.39 is 28.7 Å². The molecule has 4 N–H and O–H groups in total. The molecule has 1 aliphatic rings. The van der Waals surface area contributed by atoms with Crippen LogP contribution in [0.3, 0.4) is 0 Å². The molecule has 0 unspecified atom stereocenters. The van der Waals surface area contributed by atoms with Crippen molar-refractivity contribution in [2.75, 3.05) is 12.3 Å². The Bertz CT molecular complexity index is 651. The number of nitrogens with zero attached hydrogens (tertiary/aromatic N) is 2. The molecule has 1 aliphatic heterocycles. The van der Waals surface area contributed by atoms with Crippen LogP contribution in [0.4, 0.5) is 14.6 Å². The van der Waals surface area contributed by atoms with Gasteiger partial charge in [0.15, 0.2) is 5.82 Å². The average molecular weight is 301 g/mol. The fraction of sp³-hybridized carbons (Fsp3) is 0.417. The third-order valence-electron chi connectivity index (χ3n) is 3.47. The van der Waals surface area contributed by atoms with E-state index in [0.29, 0.717) is 5.52 Å². The quantitative estimate of drug-likeness (QED) is 0.772. The van der Waals surface area contributed by atoms with Crippen LogP contribution in [-0.4, -0.2) is 43.9 Å². The Morgan fingerprint density at radius 1 is 1.50 bits per heavy atom. The molecule has 0 spiro atoms. The second-order valence-corrected chi connectivity index (χ2v) is 6.02. The minimum absolute atomic E-state index is 0.0479. The van der Waals surface area contributed by atoms with E-state index in [1.165, 1.54) is 17.0 Å². The Morgan fingerprint density at radius 2 is 2.25 bits per heavy atom. The van der Waals surface area contributed by atoms with Crippen molar-refractivity contribution in [3.63, 3.8) is 0 Å². The predicted molar refractivity (Wildman–Crippen MR) is 72.5 cm³/mol. The van der Waals surface area contributed by atoms with Gasteiger partial charge in [-0.15, -0.1) is 11.8 Å². The molecule has 3 rings (SSSR count). The van der Waals surface area contributed by atoms with E-state index in [9.17, 15) is 13.9 Å². The van der Waals surface area contributed by atoms with Gasteiger partial charge in [-0.05, 0) is 6.07 Å². The van der Waals surface area contributed by atoms with Gasteiger partial charge in [-0.2, -0.15) is 0 Å². The van der Waals surface area contributed by atoms with Gasteiger partial charge in [0, 0.05) is 12.4 Å². The van der Waals surface area contributed by atoms with Crippen molar-refractivity contribution in [2.45, 2.75) is 22.9 Å². The topological polar surface area (TPSA) is 84.3 Å². The molecule has 0 radical (unpaired) electrons. The summed E-state index contributed by atoms with van der Waals surface area (Å²) < 4.78 is 29.2. The van der Waals surface area contributed by atoms with E-state index in [-0.39, 0.29) is 17.8 Å². The van der Waals surface area contributed by atoms with Gasteiger partial charge in [-0.1, -0.05) is 0 Å². The maximum atomic E-state index is 13.9. The molecule has 0 amide bonds. The third kappa shape index (κ3) is 1.87. The summed E-state index contributed by atoms with van der Waals surface area (Å²) in [5.41, 5.74) is 6.08. The maximum absolute atomic E-state index is 13.9. The van der Waals surface area contributed by atoms with Crippen LogP contribution in [0.1, 0.15) is 5.37 Å². The third-order valence-corrected chi connectivity index (χ3v) is 5.01. The molecule has 0 aliphatic carbocycles. The largest absolute Gasteiger partial charge is 0.395 e. The molecule has 0 aromatic carbocycles. The number of aliphatic hydroxyl groups is 2. The molecule has 108 valence electrons. The number of pyridine rings is 1. The second-order valence-electron chi connectivity index (χ2n) is 4.66. The van der Waals surface area contributed by atoms with E-state index in [2.05, 4.69) is 4.98 Å². The van der Waals surface area contributed by atoms with Crippen molar-refractivity contribution in [1.29, 1.82) is 0 Å². The number of rotatable bonds is 2. The molecule has 1 fully saturated rings. The van der Waals surface area contributed by atoms with E-state index in [1.54, 1.807) is 6.07 Å². The van der Waals surface area contributed by atoms with E-state index >= 15 is 0 Å². The summed E-state index contributed by atoms with van der Waals surface area (Å²) in [5.74, 6) is -0.520. The van der Waals surface area contributed by atoms with Crippen molar-refractivity contribution in [3.05, 3.63) is 24.3 Å². The monoisotopic (exact) mass is 301 g/mol. The highest BCUT2D eigenvalue weighted by molar-refractivity contribution is 8.00. The number of hydrogen-bond donors (Lipinski definition) is 3. The normalized spacial score (nSPS) is 30.2. The average Bonchev–Trinajstić information content (AvgIpc) is 2.90. The molecule has 8 heteroatoms. The SMILES string of the molecule is Nc1nccc2c1c(F)cn2[C@@H]1S[C@H](CO)[C@@H](F)[C@H]1O. The summed E-state index contributed by atoms with van der Waals surface area (Å²) in [7, 11) is 0. The molecule has 5 nitrogen and oxygen atoms in total. The van der Waals surface area contributed by atoms with Crippen molar-refractivity contribution in [3.8, 4) is 0 Å². The molecular weight excluding hydrogens is 288 g/mol. The standard InChI is InChI=1S/C12H13F2N3O2S/c13-5-3-17(6-1-2-16-11(15)8(5)6)12-10(19)9(14)7(4-18)20-12/h1-3,7,9-10,12,18-19H,4H2,(H2,15,16)/t7-,9-,10-,12-/m1/s1. The lowest BCUT2D eigenvalue weighted by molar-refractivity contribution is 0.0643. The number of aliphatic hydroxyl groups excluding tert-OH is 2. The summed E-state index contributed by atoms with van der Waals surface area (Å²) in [6.07, 6.45) is -0.275. The van der Waals surface area contributed by atoms with Crippen LogP contribution in [-0.2, 0) is 0 Å². The number of halogens is 2. The summed E-state index contributed by atoms with van der Waals surface area (Å²) in [6, 6.07) is 1.56. The summed E-state index contributed by atoms with van der Waals surface area (Å²) in [6.45, 7) is -0.384. The Hall–Kier alpha value is -1.38. The minimum Gasteiger partial charge on any atom is -0.395 e. The first kappa shape index (κ1) is 13.6. The smallest absolute Gasteiger partial charge is 0.152 e. The van der Waals surface area contributed by atoms with Gasteiger partial charge in [0.25, 0.3) is 0 Å². The van der Waals surface area contributed by atoms with Crippen molar-refractivity contribution in [2.24, 2.45) is 0 Å². The van der Waals surface area contributed by atoms with Crippen LogP contribution >= 0.6 is 11.8 Å². The summed E-state index contributed by atoms with van der Waals surface area (Å²) >= 11 is 1.07. The first-order valence-corrected chi connectivity index (χ1v) is 6.98. The van der Waals surface area contributed by atoms with Crippen molar-refractivity contribution in [1.82, 2.24) is 9.55 Å². The molecule has 2 aromatic rings. The number of nitrogen functional groups attached to an aromatic ring is 1. The minimum atomic E-state index is -1.56. The number of alkyl halides is 1. The number of thioether (sulfide) groups is 1. The highest BCUT2D eigenvalue weighted by atomic mass is 32.2. The summed E-state index contributed by atoms with van der Waals surface area (Å²) in [4.78, 5) is 3.81. The first-order chi connectivity index (χ1) is 9.54. The zero-order chi connectivity index (χ0) is 14.4. The summed E-state index contributed by atoms with van der Waals surface area (Å²) in [5, 5.41) is 17.8. The van der Waals surface area contributed by atoms with Crippen LogP contribution < -0.4 is 5.73 Å². The molecule has 1 saturated heterocycles. The maximum Gasteiger partial charge on any atom is 0.152 e. The highest BCUT2D eigenvalue weighted by Crippen LogP contribution is 2.45. The predicted octanol–water partition coefficient (Wildman–Crippen LogP) is 1.06. The first-order valence-electron chi connectivity index (χ1n) is 6.03. The molecule has 3 heterocycles. The lowest BCUT2D eigenvalue weighted by Gasteiger charge is -2.17.